The van der Waals surface area contributed by atoms with Crippen molar-refractivity contribution in [2.45, 2.75) is 46.6 Å². The van der Waals surface area contributed by atoms with Crippen LogP contribution in [0.2, 0.25) is 6.55 Å². The Morgan fingerprint density at radius 1 is 0.800 bits per heavy atom. The Bertz CT molecular complexity index is 134. The zero-order valence-electron chi connectivity index (χ0n) is 10.7. The van der Waals surface area contributed by atoms with Crippen LogP contribution in [0.5, 0.6) is 0 Å². The van der Waals surface area contributed by atoms with Crippen LogP contribution >= 0.6 is 0 Å². The first kappa shape index (κ1) is 15.1. The minimum absolute atomic E-state index is 0.654. The fourth-order valence-corrected chi connectivity index (χ4v) is 3.20. The first-order chi connectivity index (χ1) is 7.18. The van der Waals surface area contributed by atoms with Crippen molar-refractivity contribution in [2.24, 2.45) is 0 Å². The first-order valence-corrected chi connectivity index (χ1v) is 8.56. The van der Waals surface area contributed by atoms with E-state index in [0.717, 1.165) is 39.1 Å². The highest BCUT2D eigenvalue weighted by molar-refractivity contribution is 6.65. The maximum Gasteiger partial charge on any atom is 0.361 e. The van der Waals surface area contributed by atoms with Crippen molar-refractivity contribution < 1.29 is 13.6 Å². The highest BCUT2D eigenvalue weighted by Gasteiger charge is 2.31. The van der Waals surface area contributed by atoms with Crippen LogP contribution < -0.4 is 0 Å². The average molecular weight is 234 g/mol. The molecule has 0 radical (unpaired) electrons. The van der Waals surface area contributed by atoms with E-state index in [0.29, 0.717) is 6.23 Å². The fourth-order valence-electron chi connectivity index (χ4n) is 1.16. The SMILES string of the molecule is CCCOC[Si](C)(OCCC)OCCC. The molecule has 0 aromatic rings. The molecule has 0 amide bonds. The van der Waals surface area contributed by atoms with Crippen molar-refractivity contribution >= 4 is 8.56 Å². The minimum Gasteiger partial charge on any atom is -0.393 e. The van der Waals surface area contributed by atoms with E-state index in [1.807, 2.05) is 0 Å². The van der Waals surface area contributed by atoms with Crippen LogP contribution in [-0.2, 0) is 13.6 Å². The van der Waals surface area contributed by atoms with Gasteiger partial charge in [-0.05, 0) is 25.8 Å². The third kappa shape index (κ3) is 7.96. The molecule has 0 aromatic heterocycles. The molecular formula is C11H26O3Si. The molecule has 0 bridgehead atoms. The van der Waals surface area contributed by atoms with Gasteiger partial charge >= 0.3 is 8.56 Å². The first-order valence-electron chi connectivity index (χ1n) is 6.04. The van der Waals surface area contributed by atoms with E-state index >= 15 is 0 Å². The lowest BCUT2D eigenvalue weighted by Crippen LogP contribution is -2.45. The van der Waals surface area contributed by atoms with Crippen LogP contribution in [0.15, 0.2) is 0 Å². The van der Waals surface area contributed by atoms with Crippen LogP contribution in [0.4, 0.5) is 0 Å². The molecule has 0 aliphatic carbocycles. The van der Waals surface area contributed by atoms with Gasteiger partial charge in [-0.1, -0.05) is 20.8 Å². The summed E-state index contributed by atoms with van der Waals surface area (Å²) in [6.07, 6.45) is 3.77. The molecule has 0 saturated carbocycles. The minimum atomic E-state index is -2.05. The topological polar surface area (TPSA) is 27.7 Å². The Morgan fingerprint density at radius 3 is 1.67 bits per heavy atom. The summed E-state index contributed by atoms with van der Waals surface area (Å²) in [5.41, 5.74) is 0. The molecule has 15 heavy (non-hydrogen) atoms. The maximum atomic E-state index is 5.82. The van der Waals surface area contributed by atoms with Gasteiger partial charge in [-0.25, -0.2) is 0 Å². The average Bonchev–Trinajstić information content (AvgIpc) is 2.24. The predicted molar refractivity (Wildman–Crippen MR) is 65.2 cm³/mol. The molecule has 0 aromatic carbocycles. The summed E-state index contributed by atoms with van der Waals surface area (Å²) in [7, 11) is -2.05. The van der Waals surface area contributed by atoms with Crippen molar-refractivity contribution in [3.05, 3.63) is 0 Å². The normalized spacial score (nSPS) is 12.0. The van der Waals surface area contributed by atoms with Crippen LogP contribution in [0, 0.1) is 0 Å². The molecule has 0 N–H and O–H groups in total. The van der Waals surface area contributed by atoms with Gasteiger partial charge in [-0.3, -0.25) is 0 Å². The summed E-state index contributed by atoms with van der Waals surface area (Å²) in [5, 5.41) is 0. The summed E-state index contributed by atoms with van der Waals surface area (Å²) < 4.78 is 17.2. The van der Waals surface area contributed by atoms with Crippen LogP contribution in [0.3, 0.4) is 0 Å². The Hall–Kier alpha value is 0.0969. The molecular weight excluding hydrogens is 208 g/mol. The van der Waals surface area contributed by atoms with E-state index in [1.54, 1.807) is 0 Å². The maximum absolute atomic E-state index is 5.82. The summed E-state index contributed by atoms with van der Waals surface area (Å²) in [5.74, 6) is 0. The van der Waals surface area contributed by atoms with Gasteiger partial charge in [0.25, 0.3) is 0 Å². The van der Waals surface area contributed by atoms with E-state index in [2.05, 4.69) is 27.3 Å². The van der Waals surface area contributed by atoms with Gasteiger partial charge in [0, 0.05) is 19.8 Å². The fraction of sp³-hybridized carbons (Fsp3) is 1.00. The number of hydrogen-bond acceptors (Lipinski definition) is 3. The van der Waals surface area contributed by atoms with Crippen LogP contribution in [0.1, 0.15) is 40.0 Å². The summed E-state index contributed by atoms with van der Waals surface area (Å²) in [6.45, 7) is 10.8. The second-order valence-corrected chi connectivity index (χ2v) is 7.02. The number of rotatable bonds is 10. The molecule has 4 heteroatoms. The molecule has 92 valence electrons. The van der Waals surface area contributed by atoms with Crippen LogP contribution in [0.25, 0.3) is 0 Å². The van der Waals surface area contributed by atoms with Crippen molar-refractivity contribution in [3.8, 4) is 0 Å². The zero-order valence-corrected chi connectivity index (χ0v) is 11.7. The van der Waals surface area contributed by atoms with E-state index in [-0.39, 0.29) is 0 Å². The smallest absolute Gasteiger partial charge is 0.361 e. The van der Waals surface area contributed by atoms with Gasteiger partial charge in [0.15, 0.2) is 0 Å². The summed E-state index contributed by atoms with van der Waals surface area (Å²) in [6, 6.07) is 0. The Labute approximate surface area is 95.4 Å². The van der Waals surface area contributed by atoms with Crippen molar-refractivity contribution in [1.82, 2.24) is 0 Å². The van der Waals surface area contributed by atoms with Crippen molar-refractivity contribution in [3.63, 3.8) is 0 Å². The Morgan fingerprint density at radius 2 is 1.27 bits per heavy atom. The van der Waals surface area contributed by atoms with Crippen molar-refractivity contribution in [1.29, 1.82) is 0 Å². The molecule has 0 atom stereocenters. The monoisotopic (exact) mass is 234 g/mol. The van der Waals surface area contributed by atoms with Gasteiger partial charge in [-0.15, -0.1) is 0 Å². The predicted octanol–water partition coefficient (Wildman–Crippen LogP) is 2.88. The standard InChI is InChI=1S/C11H26O3Si/c1-5-8-12-11-15(4,13-9-6-2)14-10-7-3/h5-11H2,1-4H3. The largest absolute Gasteiger partial charge is 0.393 e. The lowest BCUT2D eigenvalue weighted by Gasteiger charge is -2.26. The van der Waals surface area contributed by atoms with E-state index < -0.39 is 8.56 Å². The number of ether oxygens (including phenoxy) is 1. The molecule has 0 aliphatic heterocycles. The second kappa shape index (κ2) is 9.33. The summed E-state index contributed by atoms with van der Waals surface area (Å²) >= 11 is 0. The van der Waals surface area contributed by atoms with Gasteiger partial charge in [0.1, 0.15) is 0 Å². The van der Waals surface area contributed by atoms with Gasteiger partial charge in [0.2, 0.25) is 0 Å². The molecule has 0 saturated heterocycles. The quantitative estimate of drug-likeness (QED) is 0.430. The molecule has 0 fully saturated rings. The van der Waals surface area contributed by atoms with Gasteiger partial charge in [-0.2, -0.15) is 0 Å². The molecule has 0 aliphatic rings. The molecule has 0 unspecified atom stereocenters. The zero-order chi connectivity index (χ0) is 11.6. The van der Waals surface area contributed by atoms with E-state index in [1.165, 1.54) is 0 Å². The molecule has 0 heterocycles. The van der Waals surface area contributed by atoms with E-state index in [4.69, 9.17) is 13.6 Å². The second-order valence-electron chi connectivity index (χ2n) is 3.88. The van der Waals surface area contributed by atoms with Gasteiger partial charge in [0.05, 0.1) is 6.23 Å². The van der Waals surface area contributed by atoms with Crippen LogP contribution in [-0.4, -0.2) is 34.6 Å². The van der Waals surface area contributed by atoms with Gasteiger partial charge < -0.3 is 13.6 Å². The third-order valence-corrected chi connectivity index (χ3v) is 4.29. The lowest BCUT2D eigenvalue weighted by molar-refractivity contribution is 0.103. The molecule has 3 nitrogen and oxygen atoms in total. The lowest BCUT2D eigenvalue weighted by atomic mass is 10.5. The Balaban J connectivity index is 3.89. The molecule has 0 spiro atoms. The highest BCUT2D eigenvalue weighted by atomic mass is 28.4. The number of hydrogen-bond donors (Lipinski definition) is 0. The third-order valence-electron chi connectivity index (χ3n) is 1.94. The van der Waals surface area contributed by atoms with Crippen molar-refractivity contribution in [2.75, 3.05) is 26.1 Å². The Kier molecular flexibility index (Phi) is 9.39. The molecule has 0 rings (SSSR count). The van der Waals surface area contributed by atoms with E-state index in [9.17, 15) is 0 Å². The highest BCUT2D eigenvalue weighted by Crippen LogP contribution is 2.09. The summed E-state index contributed by atoms with van der Waals surface area (Å²) in [4.78, 5) is 0.